The molecular formula is C14H13BrN6O2S. The zero-order valence-corrected chi connectivity index (χ0v) is 15.0. The van der Waals surface area contributed by atoms with Gasteiger partial charge in [0.2, 0.25) is 11.8 Å². The molecule has 0 saturated heterocycles. The van der Waals surface area contributed by atoms with Crippen LogP contribution in [0.3, 0.4) is 0 Å². The van der Waals surface area contributed by atoms with E-state index in [4.69, 9.17) is 4.42 Å². The summed E-state index contributed by atoms with van der Waals surface area (Å²) in [4.78, 5) is 16.1. The third-order valence-corrected chi connectivity index (χ3v) is 4.38. The first-order valence-electron chi connectivity index (χ1n) is 6.98. The molecule has 1 N–H and O–H groups in total. The number of hydrogen-bond donors (Lipinski definition) is 1. The summed E-state index contributed by atoms with van der Waals surface area (Å²) in [6.45, 7) is 2.12. The number of carbonyl (C=O) groups is 1. The molecule has 2 aromatic heterocycles. The predicted octanol–water partition coefficient (Wildman–Crippen LogP) is 2.59. The highest BCUT2D eigenvalue weighted by molar-refractivity contribution is 9.10. The molecule has 8 nitrogen and oxygen atoms in total. The molecule has 24 heavy (non-hydrogen) atoms. The standard InChI is InChI=1S/C14H13BrN6O2S/c1-9(13(22)18-11-4-2-3-10(15)5-11)24-14-20-19-12(23-14)6-21-8-16-7-17-21/h2-5,7-9H,6H2,1H3,(H,18,22). The van der Waals surface area contributed by atoms with E-state index in [9.17, 15) is 4.79 Å². The van der Waals surface area contributed by atoms with E-state index in [-0.39, 0.29) is 11.2 Å². The smallest absolute Gasteiger partial charge is 0.277 e. The number of nitrogens with one attached hydrogen (secondary N) is 1. The van der Waals surface area contributed by atoms with Gasteiger partial charge in [-0.05, 0) is 25.1 Å². The summed E-state index contributed by atoms with van der Waals surface area (Å²) in [5.41, 5.74) is 0.722. The molecule has 3 rings (SSSR count). The van der Waals surface area contributed by atoms with Gasteiger partial charge in [-0.25, -0.2) is 9.67 Å². The molecule has 2 heterocycles. The Balaban J connectivity index is 1.57. The number of nitrogens with zero attached hydrogens (tertiary/aromatic N) is 5. The lowest BCUT2D eigenvalue weighted by atomic mass is 10.3. The van der Waals surface area contributed by atoms with Crippen molar-refractivity contribution in [1.82, 2.24) is 25.0 Å². The molecule has 1 aromatic carbocycles. The van der Waals surface area contributed by atoms with Gasteiger partial charge in [0.15, 0.2) is 0 Å². The number of aromatic nitrogens is 5. The van der Waals surface area contributed by atoms with Gasteiger partial charge < -0.3 is 9.73 Å². The van der Waals surface area contributed by atoms with Crippen molar-refractivity contribution in [3.8, 4) is 0 Å². The van der Waals surface area contributed by atoms with E-state index in [1.807, 2.05) is 24.3 Å². The molecule has 3 aromatic rings. The first-order chi connectivity index (χ1) is 11.6. The van der Waals surface area contributed by atoms with Crippen LogP contribution in [0.1, 0.15) is 12.8 Å². The monoisotopic (exact) mass is 408 g/mol. The van der Waals surface area contributed by atoms with E-state index in [0.29, 0.717) is 17.7 Å². The fraction of sp³-hybridized carbons (Fsp3) is 0.214. The second kappa shape index (κ2) is 7.58. The van der Waals surface area contributed by atoms with Gasteiger partial charge in [0.25, 0.3) is 5.22 Å². The molecule has 0 bridgehead atoms. The number of anilines is 1. The first-order valence-corrected chi connectivity index (χ1v) is 8.65. The van der Waals surface area contributed by atoms with E-state index < -0.39 is 0 Å². The van der Waals surface area contributed by atoms with Gasteiger partial charge in [0.05, 0.1) is 5.25 Å². The van der Waals surface area contributed by atoms with Crippen LogP contribution in [-0.2, 0) is 11.3 Å². The highest BCUT2D eigenvalue weighted by Gasteiger charge is 2.18. The maximum absolute atomic E-state index is 12.2. The van der Waals surface area contributed by atoms with E-state index in [1.54, 1.807) is 17.9 Å². The second-order valence-electron chi connectivity index (χ2n) is 4.81. The number of rotatable bonds is 6. The molecular weight excluding hydrogens is 396 g/mol. The van der Waals surface area contributed by atoms with Crippen LogP contribution in [-0.4, -0.2) is 36.1 Å². The summed E-state index contributed by atoms with van der Waals surface area (Å²) in [6.07, 6.45) is 2.99. The van der Waals surface area contributed by atoms with Crippen LogP contribution in [0.2, 0.25) is 0 Å². The molecule has 1 amide bonds. The maximum Gasteiger partial charge on any atom is 0.277 e. The number of thioether (sulfide) groups is 1. The van der Waals surface area contributed by atoms with Gasteiger partial charge in [0, 0.05) is 10.2 Å². The third kappa shape index (κ3) is 4.42. The maximum atomic E-state index is 12.2. The minimum atomic E-state index is -0.386. The molecule has 0 aliphatic rings. The van der Waals surface area contributed by atoms with Crippen molar-refractivity contribution < 1.29 is 9.21 Å². The zero-order valence-electron chi connectivity index (χ0n) is 12.6. The van der Waals surface area contributed by atoms with Crippen LogP contribution in [0.4, 0.5) is 5.69 Å². The molecule has 0 radical (unpaired) electrons. The highest BCUT2D eigenvalue weighted by atomic mass is 79.9. The number of halogens is 1. The Morgan fingerprint density at radius 1 is 1.46 bits per heavy atom. The van der Waals surface area contributed by atoms with E-state index in [1.165, 1.54) is 18.1 Å². The fourth-order valence-electron chi connectivity index (χ4n) is 1.82. The Morgan fingerprint density at radius 3 is 3.08 bits per heavy atom. The topological polar surface area (TPSA) is 98.7 Å². The van der Waals surface area contributed by atoms with Crippen molar-refractivity contribution in [2.45, 2.75) is 23.9 Å². The van der Waals surface area contributed by atoms with Gasteiger partial charge in [-0.3, -0.25) is 4.79 Å². The average molecular weight is 409 g/mol. The number of hydrogen-bond acceptors (Lipinski definition) is 7. The van der Waals surface area contributed by atoms with Crippen LogP contribution in [0.15, 0.2) is 51.0 Å². The molecule has 0 saturated carbocycles. The number of carbonyl (C=O) groups excluding carboxylic acids is 1. The van der Waals surface area contributed by atoms with Gasteiger partial charge >= 0.3 is 0 Å². The molecule has 0 spiro atoms. The molecule has 1 atom stereocenters. The minimum absolute atomic E-state index is 0.144. The van der Waals surface area contributed by atoms with Crippen molar-refractivity contribution >= 4 is 39.3 Å². The molecule has 0 aliphatic carbocycles. The van der Waals surface area contributed by atoms with Crippen molar-refractivity contribution in [3.05, 3.63) is 47.3 Å². The lowest BCUT2D eigenvalue weighted by molar-refractivity contribution is -0.115. The van der Waals surface area contributed by atoms with Gasteiger partial charge in [-0.2, -0.15) is 5.10 Å². The first kappa shape index (κ1) is 16.7. The summed E-state index contributed by atoms with van der Waals surface area (Å²) in [6, 6.07) is 7.40. The van der Waals surface area contributed by atoms with Crippen molar-refractivity contribution in [1.29, 1.82) is 0 Å². The molecule has 0 aliphatic heterocycles. The van der Waals surface area contributed by atoms with Crippen molar-refractivity contribution in [2.24, 2.45) is 0 Å². The molecule has 1 unspecified atom stereocenters. The van der Waals surface area contributed by atoms with Crippen LogP contribution >= 0.6 is 27.7 Å². The fourth-order valence-corrected chi connectivity index (χ4v) is 2.92. The Bertz CT molecular complexity index is 822. The Kier molecular flexibility index (Phi) is 5.26. The Hall–Kier alpha value is -2.20. The lowest BCUT2D eigenvalue weighted by Crippen LogP contribution is -2.22. The highest BCUT2D eigenvalue weighted by Crippen LogP contribution is 2.23. The van der Waals surface area contributed by atoms with Crippen molar-refractivity contribution in [3.63, 3.8) is 0 Å². The van der Waals surface area contributed by atoms with Gasteiger partial charge in [0.1, 0.15) is 19.2 Å². The number of benzene rings is 1. The zero-order chi connectivity index (χ0) is 16.9. The third-order valence-electron chi connectivity index (χ3n) is 2.95. The lowest BCUT2D eigenvalue weighted by Gasteiger charge is -2.10. The minimum Gasteiger partial charge on any atom is -0.414 e. The largest absolute Gasteiger partial charge is 0.414 e. The quantitative estimate of drug-likeness (QED) is 0.625. The Labute approximate surface area is 150 Å². The van der Waals surface area contributed by atoms with Crippen molar-refractivity contribution in [2.75, 3.05) is 5.32 Å². The second-order valence-corrected chi connectivity index (χ2v) is 7.02. The summed E-state index contributed by atoms with van der Waals surface area (Å²) < 4.78 is 7.98. The van der Waals surface area contributed by atoms with Crippen LogP contribution in [0.25, 0.3) is 0 Å². The van der Waals surface area contributed by atoms with E-state index >= 15 is 0 Å². The Morgan fingerprint density at radius 2 is 2.33 bits per heavy atom. The molecule has 124 valence electrons. The van der Waals surface area contributed by atoms with E-state index in [2.05, 4.69) is 41.5 Å². The van der Waals surface area contributed by atoms with Crippen LogP contribution in [0.5, 0.6) is 0 Å². The van der Waals surface area contributed by atoms with E-state index in [0.717, 1.165) is 10.2 Å². The summed E-state index contributed by atoms with van der Waals surface area (Å²) in [7, 11) is 0. The summed E-state index contributed by atoms with van der Waals surface area (Å²) >= 11 is 4.57. The van der Waals surface area contributed by atoms with Gasteiger partial charge in [-0.1, -0.05) is 33.8 Å². The van der Waals surface area contributed by atoms with Crippen LogP contribution in [0, 0.1) is 0 Å². The predicted molar refractivity (Wildman–Crippen MR) is 91.5 cm³/mol. The summed E-state index contributed by atoms with van der Waals surface area (Å²) in [5.74, 6) is 0.261. The molecule has 10 heteroatoms. The normalized spacial score (nSPS) is 12.1. The molecule has 0 fully saturated rings. The van der Waals surface area contributed by atoms with Gasteiger partial charge in [-0.15, -0.1) is 10.2 Å². The van der Waals surface area contributed by atoms with Crippen LogP contribution < -0.4 is 5.32 Å². The SMILES string of the molecule is CC(Sc1nnc(Cn2cncn2)o1)C(=O)Nc1cccc(Br)c1. The summed E-state index contributed by atoms with van der Waals surface area (Å²) in [5, 5.41) is 14.6. The average Bonchev–Trinajstić information content (AvgIpc) is 3.20. The number of amides is 1.